The number of rotatable bonds is 0. The van der Waals surface area contributed by atoms with Crippen LogP contribution in [0.3, 0.4) is 0 Å². The zero-order chi connectivity index (χ0) is 4.85. The predicted octanol–water partition coefficient (Wildman–Crippen LogP) is 1.31. The van der Waals surface area contributed by atoms with E-state index in [0.717, 1.165) is 4.83 Å². The fourth-order valence-electron chi connectivity index (χ4n) is 1.19. The molecule has 2 aliphatic rings. The second-order valence-corrected chi connectivity index (χ2v) is 3.58. The Balaban J connectivity index is 2.02. The molecule has 0 radical (unpaired) electrons. The van der Waals surface area contributed by atoms with Crippen LogP contribution >= 0.6 is 15.9 Å². The molecule has 1 nitrogen and oxygen atoms in total. The molecule has 2 rings (SSSR count). The molecule has 0 aromatic rings. The van der Waals surface area contributed by atoms with Crippen LogP contribution in [0.25, 0.3) is 0 Å². The van der Waals surface area contributed by atoms with Crippen LogP contribution in [0.5, 0.6) is 0 Å². The minimum atomic E-state index is 0.643. The molecule has 2 fully saturated rings. The topological polar surface area (TPSA) is 12.5 Å². The molecular formula is C5H7BrO. The Hall–Kier alpha value is 0.440. The van der Waals surface area contributed by atoms with Crippen LogP contribution < -0.4 is 0 Å². The van der Waals surface area contributed by atoms with Gasteiger partial charge in [0, 0.05) is 4.83 Å². The lowest BCUT2D eigenvalue weighted by atomic mass is 10.4. The van der Waals surface area contributed by atoms with Crippen LogP contribution in [-0.2, 0) is 4.74 Å². The second-order valence-electron chi connectivity index (χ2n) is 2.28. The highest BCUT2D eigenvalue weighted by atomic mass is 79.9. The highest BCUT2D eigenvalue weighted by molar-refractivity contribution is 9.09. The molecule has 40 valence electrons. The van der Waals surface area contributed by atoms with Gasteiger partial charge in [0.25, 0.3) is 0 Å². The number of hydrogen-bond donors (Lipinski definition) is 0. The first-order valence-corrected chi connectivity index (χ1v) is 3.57. The molecule has 0 unspecified atom stereocenters. The molecule has 1 aliphatic heterocycles. The molecule has 1 heterocycles. The Morgan fingerprint density at radius 2 is 1.86 bits per heavy atom. The summed E-state index contributed by atoms with van der Waals surface area (Å²) in [6.45, 7) is 0. The minimum Gasteiger partial charge on any atom is -0.370 e. The van der Waals surface area contributed by atoms with Crippen molar-refractivity contribution in [3.05, 3.63) is 0 Å². The first kappa shape index (κ1) is 4.33. The predicted molar refractivity (Wildman–Crippen MR) is 30.6 cm³/mol. The Labute approximate surface area is 51.2 Å². The molecule has 0 aromatic carbocycles. The molecule has 0 aromatic heterocycles. The van der Waals surface area contributed by atoms with Crippen molar-refractivity contribution in [2.75, 3.05) is 0 Å². The van der Waals surface area contributed by atoms with Gasteiger partial charge in [0.1, 0.15) is 0 Å². The smallest absolute Gasteiger partial charge is 0.0853 e. The molecule has 1 saturated heterocycles. The summed E-state index contributed by atoms with van der Waals surface area (Å²) in [7, 11) is 0. The van der Waals surface area contributed by atoms with Crippen LogP contribution in [0.4, 0.5) is 0 Å². The summed E-state index contributed by atoms with van der Waals surface area (Å²) in [4.78, 5) is 0.760. The third-order valence-corrected chi connectivity index (χ3v) is 2.41. The quantitative estimate of drug-likeness (QED) is 0.387. The molecule has 0 amide bonds. The lowest BCUT2D eigenvalue weighted by Gasteiger charge is -1.96. The molecule has 1 saturated carbocycles. The summed E-state index contributed by atoms with van der Waals surface area (Å²) in [5.74, 6) is 0. The molecular weight excluding hydrogens is 156 g/mol. The zero-order valence-electron chi connectivity index (χ0n) is 3.93. The first-order valence-electron chi connectivity index (χ1n) is 2.66. The molecule has 7 heavy (non-hydrogen) atoms. The average Bonchev–Trinajstić information content (AvgIpc) is 2.15. The van der Waals surface area contributed by atoms with E-state index >= 15 is 0 Å². The van der Waals surface area contributed by atoms with Gasteiger partial charge in [0.15, 0.2) is 0 Å². The SMILES string of the molecule is BrC1C[C@@H]2O[C@H]2C1. The third-order valence-electron chi connectivity index (χ3n) is 1.66. The number of alkyl halides is 1. The van der Waals surface area contributed by atoms with Crippen molar-refractivity contribution in [1.29, 1.82) is 0 Å². The number of fused-ring (bicyclic) bond motifs is 1. The van der Waals surface area contributed by atoms with E-state index in [4.69, 9.17) is 4.74 Å². The molecule has 1 aliphatic carbocycles. The Morgan fingerprint density at radius 1 is 1.29 bits per heavy atom. The van der Waals surface area contributed by atoms with Crippen molar-refractivity contribution >= 4 is 15.9 Å². The second kappa shape index (κ2) is 1.23. The van der Waals surface area contributed by atoms with E-state index < -0.39 is 0 Å². The number of epoxide rings is 1. The molecule has 2 atom stereocenters. The van der Waals surface area contributed by atoms with Gasteiger partial charge < -0.3 is 4.74 Å². The van der Waals surface area contributed by atoms with E-state index in [1.807, 2.05) is 0 Å². The van der Waals surface area contributed by atoms with E-state index in [9.17, 15) is 0 Å². The number of halogens is 1. The van der Waals surface area contributed by atoms with Crippen LogP contribution in [0.2, 0.25) is 0 Å². The molecule has 2 heteroatoms. The van der Waals surface area contributed by atoms with Gasteiger partial charge >= 0.3 is 0 Å². The Bertz CT molecular complexity index is 84.1. The van der Waals surface area contributed by atoms with Crippen LogP contribution in [0, 0.1) is 0 Å². The zero-order valence-corrected chi connectivity index (χ0v) is 5.52. The van der Waals surface area contributed by atoms with E-state index in [2.05, 4.69) is 15.9 Å². The third kappa shape index (κ3) is 0.609. The van der Waals surface area contributed by atoms with Crippen LogP contribution in [0.15, 0.2) is 0 Å². The van der Waals surface area contributed by atoms with Gasteiger partial charge in [-0.05, 0) is 12.8 Å². The maximum Gasteiger partial charge on any atom is 0.0853 e. The summed E-state index contributed by atoms with van der Waals surface area (Å²) in [5, 5.41) is 0. The van der Waals surface area contributed by atoms with Gasteiger partial charge in [-0.2, -0.15) is 0 Å². The van der Waals surface area contributed by atoms with Gasteiger partial charge in [-0.3, -0.25) is 0 Å². The van der Waals surface area contributed by atoms with Crippen molar-refractivity contribution in [2.45, 2.75) is 29.9 Å². The van der Waals surface area contributed by atoms with Gasteiger partial charge in [-0.15, -0.1) is 0 Å². The van der Waals surface area contributed by atoms with Crippen molar-refractivity contribution in [3.8, 4) is 0 Å². The van der Waals surface area contributed by atoms with Crippen LogP contribution in [-0.4, -0.2) is 17.0 Å². The Kier molecular flexibility index (Phi) is 0.762. The van der Waals surface area contributed by atoms with Crippen molar-refractivity contribution in [1.82, 2.24) is 0 Å². The van der Waals surface area contributed by atoms with Gasteiger partial charge in [0.2, 0.25) is 0 Å². The maximum atomic E-state index is 5.19. The van der Waals surface area contributed by atoms with Crippen molar-refractivity contribution < 1.29 is 4.74 Å². The first-order chi connectivity index (χ1) is 3.36. The van der Waals surface area contributed by atoms with Gasteiger partial charge in [-0.25, -0.2) is 0 Å². The van der Waals surface area contributed by atoms with Crippen molar-refractivity contribution in [2.24, 2.45) is 0 Å². The fourth-order valence-corrected chi connectivity index (χ4v) is 1.93. The van der Waals surface area contributed by atoms with E-state index in [1.165, 1.54) is 12.8 Å². The minimum absolute atomic E-state index is 0.643. The fraction of sp³-hybridized carbons (Fsp3) is 1.00. The number of hydrogen-bond acceptors (Lipinski definition) is 1. The highest BCUT2D eigenvalue weighted by Crippen LogP contribution is 2.41. The largest absolute Gasteiger partial charge is 0.370 e. The summed E-state index contributed by atoms with van der Waals surface area (Å²) in [6, 6.07) is 0. The number of ether oxygens (including phenoxy) is 1. The summed E-state index contributed by atoms with van der Waals surface area (Å²) < 4.78 is 5.19. The average molecular weight is 163 g/mol. The van der Waals surface area contributed by atoms with E-state index in [1.54, 1.807) is 0 Å². The lowest BCUT2D eigenvalue weighted by Crippen LogP contribution is -1.93. The maximum absolute atomic E-state index is 5.19. The highest BCUT2D eigenvalue weighted by Gasteiger charge is 2.46. The van der Waals surface area contributed by atoms with Crippen molar-refractivity contribution in [3.63, 3.8) is 0 Å². The normalized spacial score (nSPS) is 49.3. The molecule has 0 bridgehead atoms. The summed E-state index contributed by atoms with van der Waals surface area (Å²) in [6.07, 6.45) is 3.77. The monoisotopic (exact) mass is 162 g/mol. The Morgan fingerprint density at radius 3 is 2.14 bits per heavy atom. The van der Waals surface area contributed by atoms with Gasteiger partial charge in [0.05, 0.1) is 12.2 Å². The summed E-state index contributed by atoms with van der Waals surface area (Å²) in [5.41, 5.74) is 0. The van der Waals surface area contributed by atoms with E-state index in [0.29, 0.717) is 12.2 Å². The van der Waals surface area contributed by atoms with Crippen LogP contribution in [0.1, 0.15) is 12.8 Å². The molecule has 0 spiro atoms. The summed E-state index contributed by atoms with van der Waals surface area (Å²) >= 11 is 3.53. The van der Waals surface area contributed by atoms with E-state index in [-0.39, 0.29) is 0 Å². The molecule has 0 N–H and O–H groups in total. The van der Waals surface area contributed by atoms with Gasteiger partial charge in [-0.1, -0.05) is 15.9 Å². The lowest BCUT2D eigenvalue weighted by molar-refractivity contribution is 0.327. The standard InChI is InChI=1S/C5H7BrO/c6-3-1-4-5(2-3)7-4/h3-5H,1-2H2/t4-,5-/m0/s1.